The van der Waals surface area contributed by atoms with Crippen molar-refractivity contribution in [2.24, 2.45) is 5.73 Å². The molecular formula is C18H23N5O2. The van der Waals surface area contributed by atoms with Crippen molar-refractivity contribution in [2.45, 2.75) is 44.2 Å². The van der Waals surface area contributed by atoms with Crippen LogP contribution in [-0.4, -0.2) is 39.4 Å². The molecular weight excluding hydrogens is 318 g/mol. The SMILES string of the molecule is NC1(C(=O)Nc2ccc(-c3nnc4n3CCCC4)cc2)CCOCC1. The number of benzene rings is 1. The van der Waals surface area contributed by atoms with Gasteiger partial charge in [0.2, 0.25) is 5.91 Å². The summed E-state index contributed by atoms with van der Waals surface area (Å²) in [5.74, 6) is 1.80. The molecule has 0 unspecified atom stereocenters. The maximum atomic E-state index is 12.5. The molecule has 3 N–H and O–H groups in total. The lowest BCUT2D eigenvalue weighted by atomic mass is 9.90. The number of aryl methyl sites for hydroxylation is 1. The van der Waals surface area contributed by atoms with Gasteiger partial charge in [-0.15, -0.1) is 10.2 Å². The molecule has 132 valence electrons. The van der Waals surface area contributed by atoms with Crippen molar-refractivity contribution >= 4 is 11.6 Å². The molecule has 0 saturated carbocycles. The third-order valence-electron chi connectivity index (χ3n) is 5.10. The second-order valence-corrected chi connectivity index (χ2v) is 6.85. The van der Waals surface area contributed by atoms with Crippen LogP contribution in [0.1, 0.15) is 31.5 Å². The highest BCUT2D eigenvalue weighted by Crippen LogP contribution is 2.25. The predicted molar refractivity (Wildman–Crippen MR) is 94.0 cm³/mol. The Morgan fingerprint density at radius 3 is 2.68 bits per heavy atom. The van der Waals surface area contributed by atoms with Crippen molar-refractivity contribution in [3.05, 3.63) is 30.1 Å². The van der Waals surface area contributed by atoms with Gasteiger partial charge in [-0.1, -0.05) is 0 Å². The first-order chi connectivity index (χ1) is 12.2. The second kappa shape index (κ2) is 6.57. The topological polar surface area (TPSA) is 95.1 Å². The van der Waals surface area contributed by atoms with Crippen LogP contribution < -0.4 is 11.1 Å². The third-order valence-corrected chi connectivity index (χ3v) is 5.10. The highest BCUT2D eigenvalue weighted by Gasteiger charge is 2.35. The Labute approximate surface area is 146 Å². The fraction of sp³-hybridized carbons (Fsp3) is 0.500. The number of anilines is 1. The van der Waals surface area contributed by atoms with Crippen LogP contribution in [-0.2, 0) is 22.5 Å². The minimum Gasteiger partial charge on any atom is -0.381 e. The van der Waals surface area contributed by atoms with E-state index in [1.807, 2.05) is 24.3 Å². The smallest absolute Gasteiger partial charge is 0.244 e. The molecule has 7 nitrogen and oxygen atoms in total. The average Bonchev–Trinajstić information content (AvgIpc) is 3.07. The zero-order valence-electron chi connectivity index (χ0n) is 14.2. The molecule has 0 atom stereocenters. The highest BCUT2D eigenvalue weighted by molar-refractivity contribution is 5.98. The van der Waals surface area contributed by atoms with Crippen molar-refractivity contribution in [1.82, 2.24) is 14.8 Å². The zero-order chi connectivity index (χ0) is 17.3. The standard InChI is InChI=1S/C18H23N5O2/c19-18(8-11-25-12-9-18)17(24)20-14-6-4-13(5-7-14)16-22-21-15-3-1-2-10-23(15)16/h4-7H,1-3,8-12,19H2,(H,20,24). The second-order valence-electron chi connectivity index (χ2n) is 6.85. The number of nitrogens with two attached hydrogens (primary N) is 1. The molecule has 1 aromatic heterocycles. The summed E-state index contributed by atoms with van der Waals surface area (Å²) < 4.78 is 7.48. The van der Waals surface area contributed by atoms with Crippen LogP contribution in [0.2, 0.25) is 0 Å². The number of fused-ring (bicyclic) bond motifs is 1. The lowest BCUT2D eigenvalue weighted by molar-refractivity contribution is -0.124. The monoisotopic (exact) mass is 341 g/mol. The number of nitrogens with zero attached hydrogens (tertiary/aromatic N) is 3. The Morgan fingerprint density at radius 1 is 1.16 bits per heavy atom. The normalized spacial score (nSPS) is 19.2. The van der Waals surface area contributed by atoms with Crippen molar-refractivity contribution < 1.29 is 9.53 Å². The van der Waals surface area contributed by atoms with E-state index in [9.17, 15) is 4.79 Å². The summed E-state index contributed by atoms with van der Waals surface area (Å²) in [6.07, 6.45) is 4.42. The van der Waals surface area contributed by atoms with E-state index in [0.717, 1.165) is 42.3 Å². The predicted octanol–water partition coefficient (Wildman–Crippen LogP) is 1.73. The van der Waals surface area contributed by atoms with E-state index in [1.54, 1.807) is 0 Å². The highest BCUT2D eigenvalue weighted by atomic mass is 16.5. The van der Waals surface area contributed by atoms with Crippen LogP contribution in [0.5, 0.6) is 0 Å². The van der Waals surface area contributed by atoms with Crippen molar-refractivity contribution in [2.75, 3.05) is 18.5 Å². The van der Waals surface area contributed by atoms with Gasteiger partial charge in [0.25, 0.3) is 0 Å². The van der Waals surface area contributed by atoms with Crippen molar-refractivity contribution in [3.63, 3.8) is 0 Å². The molecule has 0 aliphatic carbocycles. The van der Waals surface area contributed by atoms with Crippen molar-refractivity contribution in [3.8, 4) is 11.4 Å². The largest absolute Gasteiger partial charge is 0.381 e. The maximum Gasteiger partial charge on any atom is 0.244 e. The average molecular weight is 341 g/mol. The number of carbonyl (C=O) groups is 1. The Morgan fingerprint density at radius 2 is 1.92 bits per heavy atom. The van der Waals surface area contributed by atoms with Crippen LogP contribution in [0.3, 0.4) is 0 Å². The van der Waals surface area contributed by atoms with Crippen LogP contribution in [0.15, 0.2) is 24.3 Å². The minimum absolute atomic E-state index is 0.150. The number of carbonyl (C=O) groups excluding carboxylic acids is 1. The van der Waals surface area contributed by atoms with Gasteiger partial charge in [-0.3, -0.25) is 4.79 Å². The molecule has 1 amide bonds. The molecule has 0 bridgehead atoms. The van der Waals surface area contributed by atoms with E-state index in [-0.39, 0.29) is 5.91 Å². The van der Waals surface area contributed by atoms with Gasteiger partial charge in [0.1, 0.15) is 11.4 Å². The van der Waals surface area contributed by atoms with Crippen LogP contribution in [0, 0.1) is 0 Å². The molecule has 0 spiro atoms. The zero-order valence-corrected chi connectivity index (χ0v) is 14.2. The van der Waals surface area contributed by atoms with Crippen LogP contribution in [0.25, 0.3) is 11.4 Å². The summed E-state index contributed by atoms with van der Waals surface area (Å²) in [5.41, 5.74) is 7.12. The number of nitrogens with one attached hydrogen (secondary N) is 1. The van der Waals surface area contributed by atoms with Crippen molar-refractivity contribution in [1.29, 1.82) is 0 Å². The van der Waals surface area contributed by atoms with Crippen LogP contribution >= 0.6 is 0 Å². The number of hydrogen-bond acceptors (Lipinski definition) is 5. The lowest BCUT2D eigenvalue weighted by Crippen LogP contribution is -2.54. The van der Waals surface area contributed by atoms with Gasteiger partial charge < -0.3 is 20.4 Å². The summed E-state index contributed by atoms with van der Waals surface area (Å²) in [7, 11) is 0. The minimum atomic E-state index is -0.844. The first-order valence-corrected chi connectivity index (χ1v) is 8.86. The molecule has 7 heteroatoms. The summed E-state index contributed by atoms with van der Waals surface area (Å²) in [5, 5.41) is 11.5. The fourth-order valence-corrected chi connectivity index (χ4v) is 3.44. The Balaban J connectivity index is 1.49. The number of ether oxygens (including phenoxy) is 1. The van der Waals surface area contributed by atoms with Gasteiger partial charge in [0, 0.05) is 37.4 Å². The Kier molecular flexibility index (Phi) is 4.27. The molecule has 4 rings (SSSR count). The first kappa shape index (κ1) is 16.2. The van der Waals surface area contributed by atoms with Crippen LogP contribution in [0.4, 0.5) is 5.69 Å². The van der Waals surface area contributed by atoms with Gasteiger partial charge in [-0.05, 0) is 49.9 Å². The number of hydrogen-bond donors (Lipinski definition) is 2. The fourth-order valence-electron chi connectivity index (χ4n) is 3.44. The molecule has 0 radical (unpaired) electrons. The molecule has 1 aromatic carbocycles. The van der Waals surface area contributed by atoms with E-state index in [0.29, 0.717) is 26.1 Å². The van der Waals surface area contributed by atoms with Gasteiger partial charge in [-0.25, -0.2) is 0 Å². The third kappa shape index (κ3) is 3.17. The Hall–Kier alpha value is -2.25. The van der Waals surface area contributed by atoms with E-state index >= 15 is 0 Å². The molecule has 2 aliphatic heterocycles. The van der Waals surface area contributed by atoms with Gasteiger partial charge in [0.05, 0.1) is 0 Å². The summed E-state index contributed by atoms with van der Waals surface area (Å²) in [6, 6.07) is 7.71. The summed E-state index contributed by atoms with van der Waals surface area (Å²) in [6.45, 7) is 2.02. The molecule has 1 fully saturated rings. The lowest BCUT2D eigenvalue weighted by Gasteiger charge is -2.31. The maximum absolute atomic E-state index is 12.5. The van der Waals surface area contributed by atoms with E-state index in [2.05, 4.69) is 20.1 Å². The molecule has 25 heavy (non-hydrogen) atoms. The number of amides is 1. The van der Waals surface area contributed by atoms with Gasteiger partial charge in [0.15, 0.2) is 5.82 Å². The molecule has 1 saturated heterocycles. The number of aromatic nitrogens is 3. The van der Waals surface area contributed by atoms with E-state index in [4.69, 9.17) is 10.5 Å². The summed E-state index contributed by atoms with van der Waals surface area (Å²) in [4.78, 5) is 12.5. The molecule has 2 aromatic rings. The van der Waals surface area contributed by atoms with E-state index < -0.39 is 5.54 Å². The molecule has 3 heterocycles. The molecule has 2 aliphatic rings. The van der Waals surface area contributed by atoms with Gasteiger partial charge in [-0.2, -0.15) is 0 Å². The van der Waals surface area contributed by atoms with E-state index in [1.165, 1.54) is 6.42 Å². The summed E-state index contributed by atoms with van der Waals surface area (Å²) >= 11 is 0. The quantitative estimate of drug-likeness (QED) is 0.886. The Bertz CT molecular complexity index is 762. The first-order valence-electron chi connectivity index (χ1n) is 8.86. The number of rotatable bonds is 3. The van der Waals surface area contributed by atoms with Gasteiger partial charge >= 0.3 is 0 Å².